The van der Waals surface area contributed by atoms with E-state index in [4.69, 9.17) is 0 Å². The minimum Gasteiger partial charge on any atom is -0.355 e. The number of aromatic nitrogens is 2. The van der Waals surface area contributed by atoms with Crippen LogP contribution in [0.2, 0.25) is 0 Å². The summed E-state index contributed by atoms with van der Waals surface area (Å²) in [6, 6.07) is 10.2. The highest BCUT2D eigenvalue weighted by Gasteiger charge is 2.25. The first kappa shape index (κ1) is 15.7. The van der Waals surface area contributed by atoms with E-state index in [0.29, 0.717) is 5.56 Å². The number of carbonyl (C=O) groups excluding carboxylic acids is 1. The van der Waals surface area contributed by atoms with Crippen molar-refractivity contribution in [1.82, 2.24) is 25.3 Å². The lowest BCUT2D eigenvalue weighted by Crippen LogP contribution is -2.45. The van der Waals surface area contributed by atoms with Gasteiger partial charge in [-0.2, -0.15) is 5.10 Å². The third kappa shape index (κ3) is 3.60. The van der Waals surface area contributed by atoms with Crippen molar-refractivity contribution in [3.05, 3.63) is 53.3 Å². The number of hydrogen-bond donors (Lipinski definition) is 2. The minimum absolute atomic E-state index is 0.0492. The van der Waals surface area contributed by atoms with Gasteiger partial charge in [0.05, 0.1) is 5.69 Å². The van der Waals surface area contributed by atoms with Gasteiger partial charge in [-0.05, 0) is 23.8 Å². The fraction of sp³-hybridized carbons (Fsp3) is 0.412. The molecule has 1 fully saturated rings. The Balaban J connectivity index is 1.82. The van der Waals surface area contributed by atoms with E-state index >= 15 is 0 Å². The second-order valence-electron chi connectivity index (χ2n) is 5.88. The van der Waals surface area contributed by atoms with Crippen LogP contribution in [0.15, 0.2) is 36.5 Å². The van der Waals surface area contributed by atoms with E-state index in [-0.39, 0.29) is 11.9 Å². The van der Waals surface area contributed by atoms with Gasteiger partial charge in [0.1, 0.15) is 0 Å². The Labute approximate surface area is 136 Å². The molecule has 6 heteroatoms. The molecule has 2 heterocycles. The molecule has 0 aliphatic carbocycles. The summed E-state index contributed by atoms with van der Waals surface area (Å²) in [7, 11) is 3.59. The summed E-state index contributed by atoms with van der Waals surface area (Å²) in [6.07, 6.45) is 1.97. The van der Waals surface area contributed by atoms with Crippen molar-refractivity contribution < 1.29 is 4.79 Å². The molecule has 23 heavy (non-hydrogen) atoms. The Kier molecular flexibility index (Phi) is 4.73. The van der Waals surface area contributed by atoms with Gasteiger partial charge in [-0.15, -0.1) is 0 Å². The van der Waals surface area contributed by atoms with Crippen molar-refractivity contribution in [3.63, 3.8) is 0 Å². The van der Waals surface area contributed by atoms with Crippen LogP contribution in [0, 0.1) is 0 Å². The number of carbonyl (C=O) groups is 1. The normalized spacial score (nSPS) is 18.8. The summed E-state index contributed by atoms with van der Waals surface area (Å²) in [4.78, 5) is 14.3. The Morgan fingerprint density at radius 3 is 3.04 bits per heavy atom. The highest BCUT2D eigenvalue weighted by molar-refractivity contribution is 5.94. The van der Waals surface area contributed by atoms with E-state index in [1.807, 2.05) is 36.1 Å². The first-order valence-electron chi connectivity index (χ1n) is 7.92. The largest absolute Gasteiger partial charge is 0.355 e. The molecule has 1 aromatic heterocycles. The van der Waals surface area contributed by atoms with E-state index < -0.39 is 0 Å². The van der Waals surface area contributed by atoms with Crippen molar-refractivity contribution in [2.24, 2.45) is 7.05 Å². The Morgan fingerprint density at radius 1 is 1.43 bits per heavy atom. The number of aryl methyl sites for hydroxylation is 1. The van der Waals surface area contributed by atoms with E-state index in [1.54, 1.807) is 7.05 Å². The van der Waals surface area contributed by atoms with Gasteiger partial charge >= 0.3 is 0 Å². The van der Waals surface area contributed by atoms with Gasteiger partial charge in [0.25, 0.3) is 5.91 Å². The van der Waals surface area contributed by atoms with Gasteiger partial charge in [-0.25, -0.2) is 0 Å². The molecule has 122 valence electrons. The van der Waals surface area contributed by atoms with Crippen LogP contribution in [0.5, 0.6) is 0 Å². The molecule has 0 bridgehead atoms. The minimum atomic E-state index is -0.0492. The lowest BCUT2D eigenvalue weighted by molar-refractivity contribution is 0.0962. The number of nitrogens with one attached hydrogen (secondary N) is 2. The van der Waals surface area contributed by atoms with E-state index in [1.165, 1.54) is 0 Å². The smallest absolute Gasteiger partial charge is 0.251 e. The molecule has 0 radical (unpaired) electrons. The van der Waals surface area contributed by atoms with Crippen LogP contribution < -0.4 is 10.6 Å². The number of rotatable bonds is 4. The molecule has 1 aromatic carbocycles. The lowest BCUT2D eigenvalue weighted by atomic mass is 10.0. The molecule has 1 atom stereocenters. The maximum atomic E-state index is 11.9. The Morgan fingerprint density at radius 2 is 2.30 bits per heavy atom. The van der Waals surface area contributed by atoms with Crippen molar-refractivity contribution in [3.8, 4) is 0 Å². The molecule has 1 amide bonds. The molecule has 1 saturated heterocycles. The van der Waals surface area contributed by atoms with Crippen LogP contribution in [0.25, 0.3) is 0 Å². The predicted octanol–water partition coefficient (Wildman–Crippen LogP) is 0.926. The van der Waals surface area contributed by atoms with Crippen LogP contribution in [-0.2, 0) is 13.6 Å². The fourth-order valence-corrected chi connectivity index (χ4v) is 3.05. The third-order valence-electron chi connectivity index (χ3n) is 4.25. The number of benzene rings is 1. The zero-order valence-electron chi connectivity index (χ0n) is 13.6. The molecular weight excluding hydrogens is 290 g/mol. The number of hydrogen-bond acceptors (Lipinski definition) is 4. The lowest BCUT2D eigenvalue weighted by Gasteiger charge is -2.36. The Hall–Kier alpha value is -2.18. The van der Waals surface area contributed by atoms with Crippen molar-refractivity contribution in [2.75, 3.05) is 26.7 Å². The zero-order valence-corrected chi connectivity index (χ0v) is 13.6. The van der Waals surface area contributed by atoms with Gasteiger partial charge in [-0.1, -0.05) is 12.1 Å². The van der Waals surface area contributed by atoms with E-state index in [0.717, 1.165) is 37.4 Å². The quantitative estimate of drug-likeness (QED) is 0.881. The monoisotopic (exact) mass is 313 g/mol. The van der Waals surface area contributed by atoms with Crippen LogP contribution >= 0.6 is 0 Å². The second-order valence-corrected chi connectivity index (χ2v) is 5.88. The summed E-state index contributed by atoms with van der Waals surface area (Å²) >= 11 is 0. The topological polar surface area (TPSA) is 62.2 Å². The first-order valence-corrected chi connectivity index (χ1v) is 7.92. The molecule has 0 unspecified atom stereocenters. The number of piperazine rings is 1. The molecule has 6 nitrogen and oxygen atoms in total. The van der Waals surface area contributed by atoms with Crippen molar-refractivity contribution >= 4 is 5.91 Å². The third-order valence-corrected chi connectivity index (χ3v) is 4.25. The van der Waals surface area contributed by atoms with E-state index in [9.17, 15) is 4.79 Å². The number of nitrogens with zero attached hydrogens (tertiary/aromatic N) is 3. The average Bonchev–Trinajstić information content (AvgIpc) is 2.99. The summed E-state index contributed by atoms with van der Waals surface area (Å²) in [5, 5.41) is 10.6. The predicted molar refractivity (Wildman–Crippen MR) is 89.1 cm³/mol. The fourth-order valence-electron chi connectivity index (χ4n) is 3.05. The highest BCUT2D eigenvalue weighted by Crippen LogP contribution is 2.24. The van der Waals surface area contributed by atoms with Crippen molar-refractivity contribution in [2.45, 2.75) is 12.6 Å². The highest BCUT2D eigenvalue weighted by atomic mass is 16.1. The molecule has 1 aliphatic heterocycles. The maximum absolute atomic E-state index is 11.9. The first-order chi connectivity index (χ1) is 11.2. The summed E-state index contributed by atoms with van der Waals surface area (Å²) in [5.74, 6) is -0.0492. The van der Waals surface area contributed by atoms with Crippen molar-refractivity contribution in [1.29, 1.82) is 0 Å². The molecule has 0 spiro atoms. The number of amides is 1. The van der Waals surface area contributed by atoms with Crippen LogP contribution in [-0.4, -0.2) is 47.3 Å². The Bertz CT molecular complexity index is 681. The van der Waals surface area contributed by atoms with Crippen LogP contribution in [0.4, 0.5) is 0 Å². The van der Waals surface area contributed by atoms with Gasteiger partial charge < -0.3 is 10.6 Å². The van der Waals surface area contributed by atoms with Gasteiger partial charge in [0, 0.05) is 58.1 Å². The summed E-state index contributed by atoms with van der Waals surface area (Å²) in [5.41, 5.74) is 2.93. The summed E-state index contributed by atoms with van der Waals surface area (Å²) < 4.78 is 1.83. The average molecular weight is 313 g/mol. The molecular formula is C17H23N5O. The van der Waals surface area contributed by atoms with E-state index in [2.05, 4.69) is 32.8 Å². The SMILES string of the molecule is CNC(=O)c1cccc([C@H]2CNCCN2Cc2ccn(C)n2)c1. The molecule has 2 aromatic rings. The molecule has 2 N–H and O–H groups in total. The molecule has 3 rings (SSSR count). The summed E-state index contributed by atoms with van der Waals surface area (Å²) in [6.45, 7) is 3.63. The standard InChI is InChI=1S/C17H23N5O/c1-18-17(23)14-5-3-4-13(10-14)16-11-19-7-9-22(16)12-15-6-8-21(2)20-15/h3-6,8,10,16,19H,7,9,11-12H2,1-2H3,(H,18,23)/t16-/m1/s1. The van der Waals surface area contributed by atoms with Gasteiger partial charge in [0.2, 0.25) is 0 Å². The van der Waals surface area contributed by atoms with Gasteiger partial charge in [-0.3, -0.25) is 14.4 Å². The van der Waals surface area contributed by atoms with Crippen LogP contribution in [0.3, 0.4) is 0 Å². The van der Waals surface area contributed by atoms with Crippen LogP contribution in [0.1, 0.15) is 27.7 Å². The van der Waals surface area contributed by atoms with Gasteiger partial charge in [0.15, 0.2) is 0 Å². The maximum Gasteiger partial charge on any atom is 0.251 e. The zero-order chi connectivity index (χ0) is 16.2. The second kappa shape index (κ2) is 6.93. The molecule has 1 aliphatic rings. The molecule has 0 saturated carbocycles.